The molecule has 0 aromatic heterocycles. The molecule has 18 heavy (non-hydrogen) atoms. The minimum absolute atomic E-state index is 0.152. The Morgan fingerprint density at radius 1 is 1.28 bits per heavy atom. The van der Waals surface area contributed by atoms with Crippen molar-refractivity contribution in [2.75, 3.05) is 13.2 Å². The van der Waals surface area contributed by atoms with Crippen LogP contribution in [0.3, 0.4) is 0 Å². The summed E-state index contributed by atoms with van der Waals surface area (Å²) in [5, 5.41) is 3.72. The van der Waals surface area contributed by atoms with Crippen molar-refractivity contribution < 1.29 is 4.74 Å². The van der Waals surface area contributed by atoms with E-state index in [1.54, 1.807) is 0 Å². The molecule has 0 spiro atoms. The molecule has 1 aliphatic rings. The molecule has 1 N–H and O–H groups in total. The van der Waals surface area contributed by atoms with Crippen molar-refractivity contribution in [3.05, 3.63) is 12.7 Å². The highest BCUT2D eigenvalue weighted by Crippen LogP contribution is 2.31. The SMILES string of the molecule is C=CCCCCCNC1CCOC(CC)(CC)C1. The van der Waals surface area contributed by atoms with Crippen LogP contribution in [0.25, 0.3) is 0 Å². The molecule has 1 atom stereocenters. The van der Waals surface area contributed by atoms with Crippen molar-refractivity contribution in [3.8, 4) is 0 Å². The largest absolute Gasteiger partial charge is 0.375 e. The van der Waals surface area contributed by atoms with Gasteiger partial charge in [0.1, 0.15) is 0 Å². The van der Waals surface area contributed by atoms with Crippen LogP contribution in [0.5, 0.6) is 0 Å². The molecular formula is C16H31NO. The predicted molar refractivity (Wildman–Crippen MR) is 79.0 cm³/mol. The third kappa shape index (κ3) is 5.11. The lowest BCUT2D eigenvalue weighted by atomic mass is 9.86. The van der Waals surface area contributed by atoms with E-state index in [0.29, 0.717) is 6.04 Å². The molecule has 0 amide bonds. The smallest absolute Gasteiger partial charge is 0.0692 e. The first-order valence-electron chi connectivity index (χ1n) is 7.74. The fourth-order valence-electron chi connectivity index (χ4n) is 2.84. The lowest BCUT2D eigenvalue weighted by molar-refractivity contribution is -0.0929. The number of hydrogen-bond acceptors (Lipinski definition) is 2. The van der Waals surface area contributed by atoms with Crippen LogP contribution < -0.4 is 5.32 Å². The van der Waals surface area contributed by atoms with Gasteiger partial charge in [-0.1, -0.05) is 26.3 Å². The van der Waals surface area contributed by atoms with Crippen molar-refractivity contribution in [2.24, 2.45) is 0 Å². The maximum absolute atomic E-state index is 6.00. The summed E-state index contributed by atoms with van der Waals surface area (Å²) in [5.74, 6) is 0. The van der Waals surface area contributed by atoms with Crippen LogP contribution in [0.1, 0.15) is 65.2 Å². The van der Waals surface area contributed by atoms with Gasteiger partial charge in [0.05, 0.1) is 5.60 Å². The molecule has 0 saturated carbocycles. The lowest BCUT2D eigenvalue weighted by Gasteiger charge is -2.40. The van der Waals surface area contributed by atoms with E-state index < -0.39 is 0 Å². The molecule has 1 saturated heterocycles. The van der Waals surface area contributed by atoms with Crippen LogP contribution in [0, 0.1) is 0 Å². The van der Waals surface area contributed by atoms with Gasteiger partial charge in [-0.25, -0.2) is 0 Å². The second kappa shape index (κ2) is 8.71. The lowest BCUT2D eigenvalue weighted by Crippen LogP contribution is -2.46. The second-order valence-electron chi connectivity index (χ2n) is 5.52. The van der Waals surface area contributed by atoms with Crippen molar-refractivity contribution in [2.45, 2.75) is 76.9 Å². The normalized spacial score (nSPS) is 22.9. The summed E-state index contributed by atoms with van der Waals surface area (Å²) in [7, 11) is 0. The monoisotopic (exact) mass is 253 g/mol. The standard InChI is InChI=1S/C16H31NO/c1-4-7-8-9-10-12-17-15-11-13-18-16(5-2,6-3)14-15/h4,15,17H,1,5-14H2,2-3H3. The van der Waals surface area contributed by atoms with Gasteiger partial charge in [0, 0.05) is 12.6 Å². The second-order valence-corrected chi connectivity index (χ2v) is 5.52. The summed E-state index contributed by atoms with van der Waals surface area (Å²) in [5.41, 5.74) is 0.152. The molecule has 0 radical (unpaired) electrons. The Hall–Kier alpha value is -0.340. The predicted octanol–water partition coefficient (Wildman–Crippen LogP) is 4.06. The number of ether oxygens (including phenoxy) is 1. The van der Waals surface area contributed by atoms with Crippen molar-refractivity contribution in [3.63, 3.8) is 0 Å². The summed E-state index contributed by atoms with van der Waals surface area (Å²) in [6.07, 6.45) is 11.7. The van der Waals surface area contributed by atoms with Gasteiger partial charge in [-0.05, 0) is 51.5 Å². The summed E-state index contributed by atoms with van der Waals surface area (Å²) in [6.45, 7) is 10.3. The van der Waals surface area contributed by atoms with Crippen LogP contribution >= 0.6 is 0 Å². The molecule has 1 heterocycles. The van der Waals surface area contributed by atoms with E-state index in [2.05, 4.69) is 25.7 Å². The molecule has 1 fully saturated rings. The summed E-state index contributed by atoms with van der Waals surface area (Å²) in [4.78, 5) is 0. The zero-order valence-corrected chi connectivity index (χ0v) is 12.3. The molecule has 2 heteroatoms. The summed E-state index contributed by atoms with van der Waals surface area (Å²) < 4.78 is 6.00. The molecule has 0 aromatic carbocycles. The molecule has 1 unspecified atom stereocenters. The van der Waals surface area contributed by atoms with E-state index in [1.165, 1.54) is 32.1 Å². The van der Waals surface area contributed by atoms with E-state index in [4.69, 9.17) is 4.74 Å². The van der Waals surface area contributed by atoms with E-state index in [0.717, 1.165) is 32.4 Å². The molecule has 0 bridgehead atoms. The minimum atomic E-state index is 0.152. The number of unbranched alkanes of at least 4 members (excludes halogenated alkanes) is 3. The molecule has 2 nitrogen and oxygen atoms in total. The van der Waals surface area contributed by atoms with Crippen LogP contribution in [0.2, 0.25) is 0 Å². The molecule has 1 rings (SSSR count). The summed E-state index contributed by atoms with van der Waals surface area (Å²) in [6, 6.07) is 0.665. The molecule has 1 aliphatic heterocycles. The Bertz CT molecular complexity index is 223. The van der Waals surface area contributed by atoms with E-state index in [1.807, 2.05) is 6.08 Å². The highest BCUT2D eigenvalue weighted by molar-refractivity contribution is 4.88. The first kappa shape index (κ1) is 15.7. The average molecular weight is 253 g/mol. The van der Waals surface area contributed by atoms with Gasteiger partial charge < -0.3 is 10.1 Å². The van der Waals surface area contributed by atoms with Crippen LogP contribution in [-0.2, 0) is 4.74 Å². The van der Waals surface area contributed by atoms with Gasteiger partial charge in [0.15, 0.2) is 0 Å². The van der Waals surface area contributed by atoms with Gasteiger partial charge in [-0.15, -0.1) is 6.58 Å². The maximum atomic E-state index is 6.00. The number of allylic oxidation sites excluding steroid dienone is 1. The zero-order chi connectivity index (χ0) is 13.3. The third-order valence-corrected chi connectivity index (χ3v) is 4.30. The summed E-state index contributed by atoms with van der Waals surface area (Å²) >= 11 is 0. The minimum Gasteiger partial charge on any atom is -0.375 e. The molecular weight excluding hydrogens is 222 g/mol. The average Bonchev–Trinajstić information content (AvgIpc) is 2.43. The topological polar surface area (TPSA) is 21.3 Å². The Balaban J connectivity index is 2.16. The zero-order valence-electron chi connectivity index (χ0n) is 12.3. The van der Waals surface area contributed by atoms with Crippen molar-refractivity contribution in [1.82, 2.24) is 5.32 Å². The van der Waals surface area contributed by atoms with Crippen molar-refractivity contribution in [1.29, 1.82) is 0 Å². The Labute approximate surface area is 113 Å². The Morgan fingerprint density at radius 2 is 2.06 bits per heavy atom. The van der Waals surface area contributed by atoms with Gasteiger partial charge in [-0.2, -0.15) is 0 Å². The Morgan fingerprint density at radius 3 is 2.72 bits per heavy atom. The van der Waals surface area contributed by atoms with E-state index >= 15 is 0 Å². The van der Waals surface area contributed by atoms with E-state index in [9.17, 15) is 0 Å². The number of nitrogens with one attached hydrogen (secondary N) is 1. The van der Waals surface area contributed by atoms with E-state index in [-0.39, 0.29) is 5.60 Å². The van der Waals surface area contributed by atoms with Crippen molar-refractivity contribution >= 4 is 0 Å². The first-order valence-corrected chi connectivity index (χ1v) is 7.74. The molecule has 106 valence electrons. The highest BCUT2D eigenvalue weighted by atomic mass is 16.5. The molecule has 0 aromatic rings. The van der Waals surface area contributed by atoms with Gasteiger partial charge in [0.2, 0.25) is 0 Å². The molecule has 0 aliphatic carbocycles. The van der Waals surface area contributed by atoms with Gasteiger partial charge in [-0.3, -0.25) is 0 Å². The Kier molecular flexibility index (Phi) is 7.60. The number of hydrogen-bond donors (Lipinski definition) is 1. The van der Waals surface area contributed by atoms with Crippen LogP contribution in [0.4, 0.5) is 0 Å². The number of rotatable bonds is 9. The fraction of sp³-hybridized carbons (Fsp3) is 0.875. The van der Waals surface area contributed by atoms with Gasteiger partial charge >= 0.3 is 0 Å². The van der Waals surface area contributed by atoms with Crippen LogP contribution in [-0.4, -0.2) is 24.8 Å². The van der Waals surface area contributed by atoms with Gasteiger partial charge in [0.25, 0.3) is 0 Å². The first-order chi connectivity index (χ1) is 8.76. The fourth-order valence-corrected chi connectivity index (χ4v) is 2.84. The highest BCUT2D eigenvalue weighted by Gasteiger charge is 2.33. The van der Waals surface area contributed by atoms with Crippen LogP contribution in [0.15, 0.2) is 12.7 Å². The maximum Gasteiger partial charge on any atom is 0.0692 e. The quantitative estimate of drug-likeness (QED) is 0.494. The third-order valence-electron chi connectivity index (χ3n) is 4.30.